The van der Waals surface area contributed by atoms with Crippen LogP contribution in [0.25, 0.3) is 16.7 Å². The van der Waals surface area contributed by atoms with Crippen LogP contribution in [0, 0.1) is 0 Å². The van der Waals surface area contributed by atoms with Crippen molar-refractivity contribution in [3.63, 3.8) is 0 Å². The Morgan fingerprint density at radius 2 is 1.74 bits per heavy atom. The molecular formula is C21H22N6O3S. The number of nitrogens with zero attached hydrogens (tertiary/aromatic N) is 5. The standard InChI is InChI=1S/C21H22N6O3S/c1-13(2)19-24-25-21-20(23-17-7-5-6-8-18(17)27(19)21)26(4)31(29,30)16-11-9-15(10-12-16)22-14(3)28/h5-13H,1-4H3,(H,22,28). The molecule has 10 heteroatoms. The molecule has 0 saturated carbocycles. The minimum atomic E-state index is -3.93. The Bertz CT molecular complexity index is 1390. The fourth-order valence-electron chi connectivity index (χ4n) is 3.36. The molecule has 2 heterocycles. The highest BCUT2D eigenvalue weighted by Gasteiger charge is 2.27. The van der Waals surface area contributed by atoms with Gasteiger partial charge in [0.1, 0.15) is 5.82 Å². The molecule has 2 aromatic heterocycles. The van der Waals surface area contributed by atoms with Gasteiger partial charge in [-0.1, -0.05) is 26.0 Å². The van der Waals surface area contributed by atoms with Crippen molar-refractivity contribution in [2.45, 2.75) is 31.6 Å². The first-order valence-electron chi connectivity index (χ1n) is 9.70. The minimum Gasteiger partial charge on any atom is -0.326 e. The number of aromatic nitrogens is 4. The van der Waals surface area contributed by atoms with Gasteiger partial charge in [0.15, 0.2) is 5.82 Å². The number of rotatable bonds is 5. The Morgan fingerprint density at radius 1 is 1.06 bits per heavy atom. The van der Waals surface area contributed by atoms with Crippen LogP contribution < -0.4 is 9.62 Å². The average molecular weight is 439 g/mol. The summed E-state index contributed by atoms with van der Waals surface area (Å²) in [5.74, 6) is 0.754. The quantitative estimate of drug-likeness (QED) is 0.512. The number of benzene rings is 2. The van der Waals surface area contributed by atoms with Gasteiger partial charge in [-0.3, -0.25) is 9.20 Å². The summed E-state index contributed by atoms with van der Waals surface area (Å²) in [7, 11) is -2.49. The molecule has 1 N–H and O–H groups in total. The van der Waals surface area contributed by atoms with Crippen LogP contribution >= 0.6 is 0 Å². The molecule has 0 aliphatic heterocycles. The molecule has 4 rings (SSSR count). The van der Waals surface area contributed by atoms with Gasteiger partial charge in [0, 0.05) is 25.6 Å². The molecule has 0 atom stereocenters. The number of para-hydroxylation sites is 2. The van der Waals surface area contributed by atoms with Crippen molar-refractivity contribution in [3.8, 4) is 0 Å². The predicted octanol–water partition coefficient (Wildman–Crippen LogP) is 3.18. The van der Waals surface area contributed by atoms with E-state index in [0.717, 1.165) is 15.6 Å². The molecule has 0 saturated heterocycles. The molecule has 31 heavy (non-hydrogen) atoms. The van der Waals surface area contributed by atoms with E-state index in [2.05, 4.69) is 20.5 Å². The summed E-state index contributed by atoms with van der Waals surface area (Å²) in [4.78, 5) is 15.9. The van der Waals surface area contributed by atoms with Crippen molar-refractivity contribution in [1.82, 2.24) is 19.6 Å². The number of sulfonamides is 1. The molecule has 0 bridgehead atoms. The second-order valence-corrected chi connectivity index (χ2v) is 9.44. The minimum absolute atomic E-state index is 0.0702. The second-order valence-electron chi connectivity index (χ2n) is 7.47. The molecule has 0 fully saturated rings. The Labute approximate surface area is 179 Å². The van der Waals surface area contributed by atoms with Crippen LogP contribution in [0.1, 0.15) is 32.5 Å². The lowest BCUT2D eigenvalue weighted by atomic mass is 10.2. The molecule has 0 aliphatic rings. The molecule has 0 radical (unpaired) electrons. The molecular weight excluding hydrogens is 416 g/mol. The van der Waals surface area contributed by atoms with E-state index in [-0.39, 0.29) is 22.5 Å². The van der Waals surface area contributed by atoms with E-state index in [1.165, 1.54) is 26.1 Å². The van der Waals surface area contributed by atoms with Crippen molar-refractivity contribution in [2.24, 2.45) is 0 Å². The molecule has 1 amide bonds. The number of carbonyl (C=O) groups excluding carboxylic acids is 1. The Morgan fingerprint density at radius 3 is 2.39 bits per heavy atom. The third-order valence-electron chi connectivity index (χ3n) is 4.88. The number of hydrogen-bond acceptors (Lipinski definition) is 6. The van der Waals surface area contributed by atoms with Gasteiger partial charge in [-0.25, -0.2) is 17.7 Å². The van der Waals surface area contributed by atoms with E-state index >= 15 is 0 Å². The summed E-state index contributed by atoms with van der Waals surface area (Å²) in [6.45, 7) is 5.39. The van der Waals surface area contributed by atoms with Crippen LogP contribution in [-0.4, -0.2) is 41.0 Å². The van der Waals surface area contributed by atoms with Gasteiger partial charge in [0.25, 0.3) is 10.0 Å². The third kappa shape index (κ3) is 3.59. The van der Waals surface area contributed by atoms with Crippen LogP contribution in [0.4, 0.5) is 11.5 Å². The van der Waals surface area contributed by atoms with E-state index in [4.69, 9.17) is 0 Å². The van der Waals surface area contributed by atoms with Gasteiger partial charge in [0.2, 0.25) is 11.6 Å². The van der Waals surface area contributed by atoms with Crippen molar-refractivity contribution >= 4 is 44.1 Å². The van der Waals surface area contributed by atoms with E-state index in [1.807, 2.05) is 42.5 Å². The number of nitrogens with one attached hydrogen (secondary N) is 1. The Kier molecular flexibility index (Phi) is 5.10. The summed E-state index contributed by atoms with van der Waals surface area (Å²) in [5.41, 5.74) is 2.32. The second kappa shape index (κ2) is 7.62. The lowest BCUT2D eigenvalue weighted by Gasteiger charge is -2.20. The van der Waals surface area contributed by atoms with Crippen LogP contribution in [0.5, 0.6) is 0 Å². The zero-order chi connectivity index (χ0) is 22.3. The van der Waals surface area contributed by atoms with Crippen LogP contribution in [0.15, 0.2) is 53.4 Å². The lowest BCUT2D eigenvalue weighted by molar-refractivity contribution is -0.114. The zero-order valence-corrected chi connectivity index (χ0v) is 18.4. The first kappa shape index (κ1) is 20.7. The molecule has 4 aromatic rings. The summed E-state index contributed by atoms with van der Waals surface area (Å²) in [5, 5.41) is 11.2. The fraction of sp³-hybridized carbons (Fsp3) is 0.238. The smallest absolute Gasteiger partial charge is 0.265 e. The molecule has 0 spiro atoms. The maximum absolute atomic E-state index is 13.3. The average Bonchev–Trinajstić information content (AvgIpc) is 3.18. The Balaban J connectivity index is 1.86. The van der Waals surface area contributed by atoms with Crippen LogP contribution in [0.3, 0.4) is 0 Å². The lowest BCUT2D eigenvalue weighted by Crippen LogP contribution is -2.28. The summed E-state index contributed by atoms with van der Waals surface area (Å²) >= 11 is 0. The van der Waals surface area contributed by atoms with Gasteiger partial charge in [-0.05, 0) is 36.4 Å². The van der Waals surface area contributed by atoms with Crippen LogP contribution in [-0.2, 0) is 14.8 Å². The van der Waals surface area contributed by atoms with E-state index in [0.29, 0.717) is 16.9 Å². The van der Waals surface area contributed by atoms with Gasteiger partial charge >= 0.3 is 0 Å². The van der Waals surface area contributed by atoms with Crippen molar-refractivity contribution in [2.75, 3.05) is 16.7 Å². The summed E-state index contributed by atoms with van der Waals surface area (Å²) < 4.78 is 29.6. The summed E-state index contributed by atoms with van der Waals surface area (Å²) in [6.07, 6.45) is 0. The van der Waals surface area contributed by atoms with Gasteiger partial charge in [-0.15, -0.1) is 10.2 Å². The molecule has 9 nitrogen and oxygen atoms in total. The number of anilines is 2. The monoisotopic (exact) mass is 438 g/mol. The zero-order valence-electron chi connectivity index (χ0n) is 17.6. The fourth-order valence-corrected chi connectivity index (χ4v) is 4.51. The Hall–Kier alpha value is -3.53. The maximum atomic E-state index is 13.3. The number of hydrogen-bond donors (Lipinski definition) is 1. The SMILES string of the molecule is CC(=O)Nc1ccc(S(=O)(=O)N(C)c2nc3ccccc3n3c(C(C)C)nnc23)cc1. The number of amides is 1. The topological polar surface area (TPSA) is 110 Å². The highest BCUT2D eigenvalue weighted by Crippen LogP contribution is 2.29. The first-order valence-corrected chi connectivity index (χ1v) is 11.1. The highest BCUT2D eigenvalue weighted by atomic mass is 32.2. The third-order valence-corrected chi connectivity index (χ3v) is 6.65. The van der Waals surface area contributed by atoms with E-state index in [1.54, 1.807) is 12.1 Å². The van der Waals surface area contributed by atoms with Crippen LogP contribution in [0.2, 0.25) is 0 Å². The normalized spacial score (nSPS) is 11.9. The summed E-state index contributed by atoms with van der Waals surface area (Å²) in [6, 6.07) is 13.4. The van der Waals surface area contributed by atoms with Crippen molar-refractivity contribution < 1.29 is 13.2 Å². The molecule has 160 valence electrons. The largest absolute Gasteiger partial charge is 0.326 e. The maximum Gasteiger partial charge on any atom is 0.265 e. The van der Waals surface area contributed by atoms with Crippen molar-refractivity contribution in [1.29, 1.82) is 0 Å². The number of carbonyl (C=O) groups is 1. The van der Waals surface area contributed by atoms with Gasteiger partial charge < -0.3 is 5.32 Å². The molecule has 0 unspecified atom stereocenters. The van der Waals surface area contributed by atoms with E-state index < -0.39 is 10.0 Å². The number of fused-ring (bicyclic) bond motifs is 3. The predicted molar refractivity (Wildman–Crippen MR) is 119 cm³/mol. The van der Waals surface area contributed by atoms with E-state index in [9.17, 15) is 13.2 Å². The van der Waals surface area contributed by atoms with Gasteiger partial charge in [-0.2, -0.15) is 0 Å². The first-order chi connectivity index (χ1) is 14.7. The van der Waals surface area contributed by atoms with Gasteiger partial charge in [0.05, 0.1) is 15.9 Å². The van der Waals surface area contributed by atoms with Crippen molar-refractivity contribution in [3.05, 3.63) is 54.4 Å². The highest BCUT2D eigenvalue weighted by molar-refractivity contribution is 7.92. The molecule has 2 aromatic carbocycles. The molecule has 0 aliphatic carbocycles.